The predicted molar refractivity (Wildman–Crippen MR) is 72.6 cm³/mol. The van der Waals surface area contributed by atoms with Gasteiger partial charge in [-0.15, -0.1) is 0 Å². The van der Waals surface area contributed by atoms with Crippen molar-refractivity contribution in [2.75, 3.05) is 20.6 Å². The molecular formula is C12H18Cl2N2O. The molecule has 0 saturated carbocycles. The molecule has 2 atom stereocenters. The average molecular weight is 277 g/mol. The van der Waals surface area contributed by atoms with Crippen LogP contribution in [-0.2, 0) is 0 Å². The van der Waals surface area contributed by atoms with Crippen LogP contribution in [0.2, 0.25) is 10.0 Å². The summed E-state index contributed by atoms with van der Waals surface area (Å²) < 4.78 is 0. The molecule has 3 nitrogen and oxygen atoms in total. The summed E-state index contributed by atoms with van der Waals surface area (Å²) in [5.41, 5.74) is 6.60. The maximum absolute atomic E-state index is 10.1. The number of nitrogens with two attached hydrogens (primary N) is 1. The van der Waals surface area contributed by atoms with Crippen LogP contribution in [0.3, 0.4) is 0 Å². The summed E-state index contributed by atoms with van der Waals surface area (Å²) in [4.78, 5) is 2.03. The van der Waals surface area contributed by atoms with E-state index in [2.05, 4.69) is 0 Å². The molecule has 0 fully saturated rings. The fourth-order valence-electron chi connectivity index (χ4n) is 1.56. The summed E-state index contributed by atoms with van der Waals surface area (Å²) in [5, 5.41) is 11.1. The minimum Gasteiger partial charge on any atom is -0.387 e. The highest BCUT2D eigenvalue weighted by molar-refractivity contribution is 6.34. The molecule has 0 heterocycles. The van der Waals surface area contributed by atoms with Gasteiger partial charge in [0.1, 0.15) is 0 Å². The Labute approximate surface area is 112 Å². The third-order valence-corrected chi connectivity index (χ3v) is 2.98. The van der Waals surface area contributed by atoms with Gasteiger partial charge < -0.3 is 15.7 Å². The maximum atomic E-state index is 10.1. The molecular weight excluding hydrogens is 259 g/mol. The Morgan fingerprint density at radius 3 is 2.24 bits per heavy atom. The van der Waals surface area contributed by atoms with E-state index in [1.807, 2.05) is 19.0 Å². The molecule has 17 heavy (non-hydrogen) atoms. The van der Waals surface area contributed by atoms with Gasteiger partial charge in [-0.05, 0) is 50.8 Å². The van der Waals surface area contributed by atoms with E-state index in [0.29, 0.717) is 22.0 Å². The molecule has 0 radical (unpaired) electrons. The van der Waals surface area contributed by atoms with Gasteiger partial charge in [0.25, 0.3) is 0 Å². The highest BCUT2D eigenvalue weighted by Crippen LogP contribution is 2.25. The highest BCUT2D eigenvalue weighted by Gasteiger charge is 2.17. The van der Waals surface area contributed by atoms with Crippen molar-refractivity contribution in [1.82, 2.24) is 4.90 Å². The molecule has 3 N–H and O–H groups in total. The van der Waals surface area contributed by atoms with Crippen LogP contribution in [0.25, 0.3) is 0 Å². The van der Waals surface area contributed by atoms with E-state index >= 15 is 0 Å². The topological polar surface area (TPSA) is 49.5 Å². The van der Waals surface area contributed by atoms with E-state index < -0.39 is 6.10 Å². The summed E-state index contributed by atoms with van der Waals surface area (Å²) in [6, 6.07) is 4.68. The molecule has 5 heteroatoms. The second kappa shape index (κ2) is 6.57. The first kappa shape index (κ1) is 14.7. The number of aliphatic hydroxyl groups excluding tert-OH is 1. The fourth-order valence-corrected chi connectivity index (χ4v) is 2.10. The zero-order valence-corrected chi connectivity index (χ0v) is 11.5. The Hall–Kier alpha value is -0.320. The predicted octanol–water partition coefficient (Wildman–Crippen LogP) is 2.31. The number of halogens is 2. The zero-order valence-electron chi connectivity index (χ0n) is 10.0. The molecule has 2 unspecified atom stereocenters. The van der Waals surface area contributed by atoms with Crippen molar-refractivity contribution < 1.29 is 5.11 Å². The van der Waals surface area contributed by atoms with Gasteiger partial charge in [-0.3, -0.25) is 0 Å². The Morgan fingerprint density at radius 2 is 1.76 bits per heavy atom. The van der Waals surface area contributed by atoms with E-state index in [-0.39, 0.29) is 6.04 Å². The molecule has 96 valence electrons. The van der Waals surface area contributed by atoms with E-state index in [1.165, 1.54) is 0 Å². The van der Waals surface area contributed by atoms with Crippen LogP contribution in [0.15, 0.2) is 18.2 Å². The van der Waals surface area contributed by atoms with Crippen molar-refractivity contribution in [1.29, 1.82) is 0 Å². The van der Waals surface area contributed by atoms with Crippen molar-refractivity contribution in [3.8, 4) is 0 Å². The third kappa shape index (κ3) is 4.82. The Bertz CT molecular complexity index is 351. The largest absolute Gasteiger partial charge is 0.387 e. The zero-order chi connectivity index (χ0) is 13.0. The van der Waals surface area contributed by atoms with Crippen molar-refractivity contribution in [3.05, 3.63) is 33.8 Å². The molecule has 0 spiro atoms. The summed E-state index contributed by atoms with van der Waals surface area (Å²) in [6.45, 7) is 0.826. The van der Waals surface area contributed by atoms with E-state index in [1.54, 1.807) is 18.2 Å². The van der Waals surface area contributed by atoms with Gasteiger partial charge in [0.2, 0.25) is 0 Å². The summed E-state index contributed by atoms with van der Waals surface area (Å²) in [7, 11) is 3.94. The van der Waals surface area contributed by atoms with Crippen LogP contribution in [0, 0.1) is 0 Å². The number of benzene rings is 1. The van der Waals surface area contributed by atoms with Gasteiger partial charge in [-0.2, -0.15) is 0 Å². The molecule has 1 rings (SSSR count). The van der Waals surface area contributed by atoms with Crippen LogP contribution < -0.4 is 5.73 Å². The number of hydrogen-bond donors (Lipinski definition) is 2. The Kier molecular flexibility index (Phi) is 5.70. The SMILES string of the molecule is CN(C)CCC(N)C(O)c1cc(Cl)cc(Cl)c1. The van der Waals surface area contributed by atoms with E-state index in [0.717, 1.165) is 6.54 Å². The third-order valence-electron chi connectivity index (χ3n) is 2.54. The van der Waals surface area contributed by atoms with Crippen molar-refractivity contribution in [2.24, 2.45) is 5.73 Å². The lowest BCUT2D eigenvalue weighted by atomic mass is 10.0. The average Bonchev–Trinajstić information content (AvgIpc) is 2.23. The lowest BCUT2D eigenvalue weighted by Gasteiger charge is -2.21. The van der Waals surface area contributed by atoms with Crippen LogP contribution in [-0.4, -0.2) is 36.7 Å². The first-order chi connectivity index (χ1) is 7.90. The molecule has 1 aromatic rings. The van der Waals surface area contributed by atoms with Crippen LogP contribution in [0.5, 0.6) is 0 Å². The minimum atomic E-state index is -0.744. The van der Waals surface area contributed by atoms with E-state index in [9.17, 15) is 5.11 Å². The van der Waals surface area contributed by atoms with Crippen molar-refractivity contribution >= 4 is 23.2 Å². The maximum Gasteiger partial charge on any atom is 0.0942 e. The van der Waals surface area contributed by atoms with Crippen molar-refractivity contribution in [3.63, 3.8) is 0 Å². The lowest BCUT2D eigenvalue weighted by Crippen LogP contribution is -2.32. The number of nitrogens with zero attached hydrogens (tertiary/aromatic N) is 1. The normalized spacial score (nSPS) is 15.0. The standard InChI is InChI=1S/C12H18Cl2N2O/c1-16(2)4-3-11(15)12(17)8-5-9(13)7-10(14)6-8/h5-7,11-12,17H,3-4,15H2,1-2H3. The molecule has 0 saturated heterocycles. The summed E-state index contributed by atoms with van der Waals surface area (Å²) in [6.07, 6.45) is -0.0377. The van der Waals surface area contributed by atoms with Gasteiger partial charge in [-0.25, -0.2) is 0 Å². The van der Waals surface area contributed by atoms with E-state index in [4.69, 9.17) is 28.9 Å². The molecule has 0 aliphatic rings. The first-order valence-electron chi connectivity index (χ1n) is 5.44. The Morgan fingerprint density at radius 1 is 1.24 bits per heavy atom. The molecule has 0 aliphatic heterocycles. The smallest absolute Gasteiger partial charge is 0.0942 e. The molecule has 0 amide bonds. The van der Waals surface area contributed by atoms with Gasteiger partial charge in [0, 0.05) is 16.1 Å². The molecule has 0 aromatic heterocycles. The second-order valence-electron chi connectivity index (χ2n) is 4.40. The van der Waals surface area contributed by atoms with Gasteiger partial charge in [0.05, 0.1) is 6.10 Å². The lowest BCUT2D eigenvalue weighted by molar-refractivity contribution is 0.137. The monoisotopic (exact) mass is 276 g/mol. The summed E-state index contributed by atoms with van der Waals surface area (Å²) >= 11 is 11.8. The van der Waals surface area contributed by atoms with Crippen LogP contribution in [0.4, 0.5) is 0 Å². The molecule has 1 aromatic carbocycles. The Balaban J connectivity index is 2.70. The van der Waals surface area contributed by atoms with Crippen molar-refractivity contribution in [2.45, 2.75) is 18.6 Å². The number of aliphatic hydroxyl groups is 1. The number of hydrogen-bond acceptors (Lipinski definition) is 3. The van der Waals surface area contributed by atoms with Gasteiger partial charge in [-0.1, -0.05) is 23.2 Å². The quantitative estimate of drug-likeness (QED) is 0.868. The molecule has 0 bridgehead atoms. The first-order valence-corrected chi connectivity index (χ1v) is 6.20. The molecule has 0 aliphatic carbocycles. The highest BCUT2D eigenvalue weighted by atomic mass is 35.5. The van der Waals surface area contributed by atoms with Crippen LogP contribution >= 0.6 is 23.2 Å². The minimum absolute atomic E-state index is 0.327. The van der Waals surface area contributed by atoms with Crippen LogP contribution in [0.1, 0.15) is 18.1 Å². The summed E-state index contributed by atoms with van der Waals surface area (Å²) in [5.74, 6) is 0. The second-order valence-corrected chi connectivity index (χ2v) is 5.28. The fraction of sp³-hybridized carbons (Fsp3) is 0.500. The van der Waals surface area contributed by atoms with Gasteiger partial charge >= 0.3 is 0 Å². The number of rotatable bonds is 5. The van der Waals surface area contributed by atoms with Gasteiger partial charge in [0.15, 0.2) is 0 Å².